The van der Waals surface area contributed by atoms with Crippen LogP contribution in [0.1, 0.15) is 61.5 Å². The number of H-pyrrole nitrogens is 1. The lowest BCUT2D eigenvalue weighted by molar-refractivity contribution is -0.225. The van der Waals surface area contributed by atoms with Gasteiger partial charge in [-0.3, -0.25) is 9.89 Å². The first kappa shape index (κ1) is 15.1. The smallest absolute Gasteiger partial charge is 0.257 e. The minimum absolute atomic E-state index is 0.0713. The predicted octanol–water partition coefficient (Wildman–Crippen LogP) is 2.09. The van der Waals surface area contributed by atoms with Crippen molar-refractivity contribution in [2.75, 3.05) is 26.3 Å². The molecule has 0 aromatic carbocycles. The zero-order valence-electron chi connectivity index (χ0n) is 13.9. The molecule has 1 saturated carbocycles. The van der Waals surface area contributed by atoms with Gasteiger partial charge in [0.25, 0.3) is 5.91 Å². The average Bonchev–Trinajstić information content (AvgIpc) is 3.22. The molecule has 1 spiro atoms. The Morgan fingerprint density at radius 2 is 2.22 bits per heavy atom. The summed E-state index contributed by atoms with van der Waals surface area (Å²) in [5, 5.41) is 7.14. The van der Waals surface area contributed by atoms with E-state index in [4.69, 9.17) is 9.47 Å². The van der Waals surface area contributed by atoms with Gasteiger partial charge in [0.15, 0.2) is 0 Å². The summed E-state index contributed by atoms with van der Waals surface area (Å²) >= 11 is 0. The minimum Gasteiger partial charge on any atom is -0.378 e. The average molecular weight is 319 g/mol. The predicted molar refractivity (Wildman–Crippen MR) is 84.4 cm³/mol. The van der Waals surface area contributed by atoms with Crippen LogP contribution in [0.3, 0.4) is 0 Å². The molecule has 4 rings (SSSR count). The maximum absolute atomic E-state index is 13.1. The van der Waals surface area contributed by atoms with Gasteiger partial charge in [-0.1, -0.05) is 0 Å². The lowest BCUT2D eigenvalue weighted by atomic mass is 9.90. The van der Waals surface area contributed by atoms with Gasteiger partial charge in [0.05, 0.1) is 36.2 Å². The van der Waals surface area contributed by atoms with E-state index in [1.165, 1.54) is 0 Å². The van der Waals surface area contributed by atoms with Crippen LogP contribution in [0.5, 0.6) is 0 Å². The van der Waals surface area contributed by atoms with Crippen LogP contribution < -0.4 is 0 Å². The van der Waals surface area contributed by atoms with Crippen LogP contribution in [0, 0.1) is 0 Å². The van der Waals surface area contributed by atoms with E-state index in [0.29, 0.717) is 25.6 Å². The van der Waals surface area contributed by atoms with E-state index in [9.17, 15) is 4.79 Å². The van der Waals surface area contributed by atoms with E-state index in [1.807, 2.05) is 4.90 Å². The number of carbonyl (C=O) groups is 1. The summed E-state index contributed by atoms with van der Waals surface area (Å²) in [7, 11) is 0. The number of carbonyl (C=O) groups excluding carboxylic acids is 1. The number of rotatable bonds is 2. The topological polar surface area (TPSA) is 67.5 Å². The van der Waals surface area contributed by atoms with Crippen molar-refractivity contribution in [2.45, 2.75) is 56.7 Å². The molecule has 0 radical (unpaired) electrons. The highest BCUT2D eigenvalue weighted by Gasteiger charge is 2.47. The van der Waals surface area contributed by atoms with Crippen molar-refractivity contribution in [2.24, 2.45) is 0 Å². The highest BCUT2D eigenvalue weighted by Crippen LogP contribution is 2.41. The summed E-state index contributed by atoms with van der Waals surface area (Å²) in [6.07, 6.45) is 5.91. The van der Waals surface area contributed by atoms with Crippen molar-refractivity contribution in [3.8, 4) is 0 Å². The van der Waals surface area contributed by atoms with E-state index >= 15 is 0 Å². The van der Waals surface area contributed by atoms with Crippen LogP contribution in [-0.2, 0) is 9.47 Å². The van der Waals surface area contributed by atoms with E-state index in [1.54, 1.807) is 6.20 Å². The Balaban J connectivity index is 1.59. The van der Waals surface area contributed by atoms with Gasteiger partial charge < -0.3 is 14.4 Å². The van der Waals surface area contributed by atoms with Crippen LogP contribution >= 0.6 is 0 Å². The van der Waals surface area contributed by atoms with Gasteiger partial charge in [0.1, 0.15) is 5.60 Å². The fourth-order valence-electron chi connectivity index (χ4n) is 4.01. The third kappa shape index (κ3) is 2.90. The lowest BCUT2D eigenvalue weighted by Crippen LogP contribution is -2.63. The molecule has 126 valence electrons. The van der Waals surface area contributed by atoms with E-state index in [2.05, 4.69) is 24.0 Å². The summed E-state index contributed by atoms with van der Waals surface area (Å²) in [6.45, 7) is 6.67. The molecule has 1 atom stereocenters. The Labute approximate surface area is 136 Å². The largest absolute Gasteiger partial charge is 0.378 e. The summed E-state index contributed by atoms with van der Waals surface area (Å²) in [6, 6.07) is 0. The molecule has 3 aliphatic rings. The van der Waals surface area contributed by atoms with Gasteiger partial charge in [-0.05, 0) is 39.5 Å². The molecule has 1 aromatic rings. The van der Waals surface area contributed by atoms with Crippen LogP contribution in [0.25, 0.3) is 0 Å². The Bertz CT molecular complexity index is 600. The molecular formula is C17H25N3O3. The lowest BCUT2D eigenvalue weighted by Gasteiger charge is -2.51. The number of ether oxygens (including phenoxy) is 2. The number of aromatic nitrogens is 2. The molecule has 1 N–H and O–H groups in total. The number of aromatic amines is 1. The number of hydrogen-bond acceptors (Lipinski definition) is 4. The summed E-state index contributed by atoms with van der Waals surface area (Å²) < 4.78 is 12.0. The maximum Gasteiger partial charge on any atom is 0.257 e. The Morgan fingerprint density at radius 1 is 1.39 bits per heavy atom. The number of hydrogen-bond donors (Lipinski definition) is 1. The van der Waals surface area contributed by atoms with Crippen molar-refractivity contribution in [3.63, 3.8) is 0 Å². The second kappa shape index (κ2) is 5.31. The van der Waals surface area contributed by atoms with E-state index in [-0.39, 0.29) is 17.1 Å². The van der Waals surface area contributed by atoms with Gasteiger partial charge in [-0.25, -0.2) is 0 Å². The molecule has 1 aromatic heterocycles. The van der Waals surface area contributed by atoms with Crippen molar-refractivity contribution in [1.29, 1.82) is 0 Å². The zero-order chi connectivity index (χ0) is 16.1. The first-order chi connectivity index (χ1) is 11.0. The van der Waals surface area contributed by atoms with Crippen LogP contribution in [0.15, 0.2) is 6.20 Å². The van der Waals surface area contributed by atoms with Crippen molar-refractivity contribution >= 4 is 5.91 Å². The first-order valence-electron chi connectivity index (χ1n) is 8.59. The van der Waals surface area contributed by atoms with Crippen molar-refractivity contribution in [3.05, 3.63) is 17.5 Å². The monoisotopic (exact) mass is 319 g/mol. The van der Waals surface area contributed by atoms with Gasteiger partial charge in [0.2, 0.25) is 0 Å². The minimum atomic E-state index is -0.363. The summed E-state index contributed by atoms with van der Waals surface area (Å²) in [5.41, 5.74) is 1.02. The van der Waals surface area contributed by atoms with Crippen LogP contribution in [0.2, 0.25) is 0 Å². The standard InChI is InChI=1S/C17H25N3O3/c1-16(2)9-20(10-17(23-16)6-3-7-22-11-17)15(21)13-8-18-19-14(13)12-4-5-12/h8,12H,3-7,9-11H2,1-2H3,(H,18,19). The quantitative estimate of drug-likeness (QED) is 0.906. The number of amides is 1. The Hall–Kier alpha value is -1.40. The van der Waals surface area contributed by atoms with Crippen molar-refractivity contribution in [1.82, 2.24) is 15.1 Å². The maximum atomic E-state index is 13.1. The molecule has 0 bridgehead atoms. The fraction of sp³-hybridized carbons (Fsp3) is 0.765. The highest BCUT2D eigenvalue weighted by molar-refractivity contribution is 5.95. The SMILES string of the molecule is CC1(C)CN(C(=O)c2cn[nH]c2C2CC2)CC2(CCCOC2)O1. The van der Waals surface area contributed by atoms with Gasteiger partial charge >= 0.3 is 0 Å². The molecule has 23 heavy (non-hydrogen) atoms. The van der Waals surface area contributed by atoms with Gasteiger partial charge in [-0.2, -0.15) is 5.10 Å². The Morgan fingerprint density at radius 3 is 2.91 bits per heavy atom. The molecule has 6 nitrogen and oxygen atoms in total. The van der Waals surface area contributed by atoms with Crippen LogP contribution in [0.4, 0.5) is 0 Å². The first-order valence-corrected chi connectivity index (χ1v) is 8.59. The molecule has 3 fully saturated rings. The van der Waals surface area contributed by atoms with E-state index < -0.39 is 0 Å². The van der Waals surface area contributed by atoms with Gasteiger partial charge in [0, 0.05) is 19.1 Å². The zero-order valence-corrected chi connectivity index (χ0v) is 13.9. The molecule has 1 amide bonds. The van der Waals surface area contributed by atoms with Crippen molar-refractivity contribution < 1.29 is 14.3 Å². The fourth-order valence-corrected chi connectivity index (χ4v) is 4.01. The molecule has 1 aliphatic carbocycles. The molecule has 6 heteroatoms. The molecule has 2 saturated heterocycles. The summed E-state index contributed by atoms with van der Waals surface area (Å²) in [4.78, 5) is 15.0. The number of morpholine rings is 1. The second-order valence-corrected chi connectivity index (χ2v) is 7.83. The van der Waals surface area contributed by atoms with Gasteiger partial charge in [-0.15, -0.1) is 0 Å². The third-order valence-corrected chi connectivity index (χ3v) is 5.00. The molecule has 2 aliphatic heterocycles. The Kier molecular flexibility index (Phi) is 3.50. The third-order valence-electron chi connectivity index (χ3n) is 5.00. The highest BCUT2D eigenvalue weighted by atomic mass is 16.6. The number of nitrogens with zero attached hydrogens (tertiary/aromatic N) is 2. The van der Waals surface area contributed by atoms with E-state index in [0.717, 1.165) is 43.5 Å². The van der Waals surface area contributed by atoms with Crippen LogP contribution in [-0.4, -0.2) is 58.5 Å². The molecular weight excluding hydrogens is 294 g/mol. The molecule has 3 heterocycles. The summed E-state index contributed by atoms with van der Waals surface area (Å²) in [5.74, 6) is 0.555. The normalized spacial score (nSPS) is 30.6. The second-order valence-electron chi connectivity index (χ2n) is 7.83. The number of nitrogens with one attached hydrogen (secondary N) is 1. The molecule has 1 unspecified atom stereocenters.